The molecule has 10 aromatic carbocycles. The molecule has 4 aromatic heterocycles. The molecule has 0 N–H and O–H groups in total. The number of hydrogen-bond donors (Lipinski definition) is 0. The third-order valence-corrected chi connectivity index (χ3v) is 16.7. The van der Waals surface area contributed by atoms with Gasteiger partial charge in [0.15, 0.2) is 0 Å². The van der Waals surface area contributed by atoms with Gasteiger partial charge in [0.1, 0.15) is 11.2 Å². The van der Waals surface area contributed by atoms with Crippen LogP contribution < -0.4 is 15.8 Å². The fourth-order valence-electron chi connectivity index (χ4n) is 13.2. The summed E-state index contributed by atoms with van der Waals surface area (Å²) in [6.45, 7) is 13.9. The lowest BCUT2D eigenvalue weighted by atomic mass is 9.44. The Labute approximate surface area is 423 Å². The van der Waals surface area contributed by atoms with Gasteiger partial charge in [-0.2, -0.15) is 0 Å². The first-order chi connectivity index (χ1) is 35.5. The van der Waals surface area contributed by atoms with Gasteiger partial charge in [0.2, 0.25) is 0 Å². The predicted molar refractivity (Wildman–Crippen MR) is 310 cm³/mol. The van der Waals surface area contributed by atoms with E-state index in [4.69, 9.17) is 4.42 Å². The van der Waals surface area contributed by atoms with Crippen LogP contribution in [0, 0.1) is 0 Å². The zero-order chi connectivity index (χ0) is 48.8. The summed E-state index contributed by atoms with van der Waals surface area (Å²) in [5, 5.41) is 9.84. The second kappa shape index (κ2) is 14.1. The summed E-state index contributed by atoms with van der Waals surface area (Å²) in [7, 11) is 0. The lowest BCUT2D eigenvalue weighted by Gasteiger charge is -2.41. The van der Waals surface area contributed by atoms with E-state index in [1.54, 1.807) is 0 Å². The summed E-state index contributed by atoms with van der Waals surface area (Å²) < 4.78 is 12.6. The Kier molecular flexibility index (Phi) is 7.95. The lowest BCUT2D eigenvalue weighted by Crippen LogP contribution is -2.57. The third-order valence-electron chi connectivity index (χ3n) is 16.7. The van der Waals surface area contributed by atoms with Crippen molar-refractivity contribution in [2.75, 3.05) is 4.90 Å². The number of para-hydroxylation sites is 3. The molecule has 4 nitrogen and oxygen atoms in total. The van der Waals surface area contributed by atoms with Crippen molar-refractivity contribution in [1.29, 1.82) is 0 Å². The third kappa shape index (κ3) is 5.46. The van der Waals surface area contributed by atoms with Gasteiger partial charge in [0.25, 0.3) is 0 Å². The molecule has 0 fully saturated rings. The summed E-state index contributed by atoms with van der Waals surface area (Å²) in [6.07, 6.45) is 0. The van der Waals surface area contributed by atoms with Gasteiger partial charge < -0.3 is 18.2 Å². The van der Waals surface area contributed by atoms with Crippen molar-refractivity contribution in [2.24, 2.45) is 0 Å². The van der Waals surface area contributed by atoms with Gasteiger partial charge >= 0.3 is 6.85 Å². The highest BCUT2D eigenvalue weighted by molar-refractivity contribution is 6.92. The molecule has 0 saturated carbocycles. The van der Waals surface area contributed by atoms with E-state index in [1.165, 1.54) is 132 Å². The molecular weight excluding hydrogens is 886 g/mol. The molecular formula is C68H50BN3O. The van der Waals surface area contributed by atoms with Crippen LogP contribution in [0.1, 0.15) is 52.7 Å². The molecule has 5 heteroatoms. The standard InChI is InChI=1S/C68H50BN3O/c1-67(2,3)43-34-44(68(4,5)6)36-45(35-43)70-57-37-51-46-23-13-16-26-54(46)71-55-27-17-14-25-48(55)60(65(51)71)62(57)69-63-58(70)38-52-47-24-15-18-28-59(47)73-66(52)61(63)53-33-42(40-21-11-8-12-22-40)32-50-49-31-41(39-19-9-7-10-20-39)29-30-56(49)72(69)64(50)53/h7-38H,1-6H3. The Morgan fingerprint density at radius 1 is 0.411 bits per heavy atom. The highest BCUT2D eigenvalue weighted by atomic mass is 16.3. The first-order valence-corrected chi connectivity index (χ1v) is 25.9. The van der Waals surface area contributed by atoms with E-state index >= 15 is 0 Å². The SMILES string of the molecule is CC(C)(C)c1cc(N2c3cc4c(oc5ccccc54)c4c3B(c3c2cc2c5ccccc5n5c6ccccc6c3c25)n2c3ccc(-c5ccccc5)cc3c3cc(-c5ccccc5)cc-4c32)cc(C(C)(C)C)c1. The molecule has 73 heavy (non-hydrogen) atoms. The van der Waals surface area contributed by atoms with Crippen molar-refractivity contribution < 1.29 is 4.42 Å². The molecule has 0 spiro atoms. The van der Waals surface area contributed by atoms with E-state index in [1.807, 2.05) is 0 Å². The summed E-state index contributed by atoms with van der Waals surface area (Å²) in [4.78, 5) is 2.67. The Morgan fingerprint density at radius 2 is 0.986 bits per heavy atom. The van der Waals surface area contributed by atoms with E-state index in [0.29, 0.717) is 0 Å². The van der Waals surface area contributed by atoms with Crippen molar-refractivity contribution in [1.82, 2.24) is 8.88 Å². The van der Waals surface area contributed by atoms with Crippen LogP contribution in [0.2, 0.25) is 0 Å². The summed E-state index contributed by atoms with van der Waals surface area (Å²) in [5.41, 5.74) is 23.8. The average Bonchev–Trinajstić information content (AvgIpc) is 4.15. The molecule has 14 aromatic rings. The summed E-state index contributed by atoms with van der Waals surface area (Å²) in [5.74, 6) is 0. The number of fused-ring (bicyclic) bond motifs is 18. The predicted octanol–water partition coefficient (Wildman–Crippen LogP) is 17.2. The number of hydrogen-bond acceptors (Lipinski definition) is 2. The highest BCUT2D eigenvalue weighted by Crippen LogP contribution is 2.53. The van der Waals surface area contributed by atoms with E-state index in [9.17, 15) is 0 Å². The minimum Gasteiger partial charge on any atom is -0.455 e. The Hall–Kier alpha value is -8.54. The van der Waals surface area contributed by atoms with Crippen LogP contribution in [0.25, 0.3) is 115 Å². The molecule has 0 atom stereocenters. The number of aromatic nitrogens is 2. The van der Waals surface area contributed by atoms with Crippen molar-refractivity contribution in [2.45, 2.75) is 52.4 Å². The number of nitrogens with zero attached hydrogens (tertiary/aromatic N) is 3. The van der Waals surface area contributed by atoms with Crippen LogP contribution in [0.5, 0.6) is 0 Å². The van der Waals surface area contributed by atoms with Crippen molar-refractivity contribution in [3.8, 4) is 33.4 Å². The van der Waals surface area contributed by atoms with E-state index in [-0.39, 0.29) is 17.7 Å². The largest absolute Gasteiger partial charge is 0.455 e. The maximum atomic E-state index is 7.32. The van der Waals surface area contributed by atoms with Gasteiger partial charge in [-0.05, 0) is 122 Å². The van der Waals surface area contributed by atoms with Crippen LogP contribution in [0.15, 0.2) is 199 Å². The zero-order valence-electron chi connectivity index (χ0n) is 41.8. The fraction of sp³-hybridized carbons (Fsp3) is 0.118. The molecule has 2 aliphatic rings. The van der Waals surface area contributed by atoms with Crippen LogP contribution in [-0.2, 0) is 10.8 Å². The molecule has 346 valence electrons. The van der Waals surface area contributed by atoms with E-state index < -0.39 is 0 Å². The molecule has 6 heterocycles. The quantitative estimate of drug-likeness (QED) is 0.165. The number of furan rings is 1. The van der Waals surface area contributed by atoms with Gasteiger partial charge in [-0.3, -0.25) is 0 Å². The molecule has 2 aliphatic heterocycles. The average molecular weight is 936 g/mol. The maximum absolute atomic E-state index is 7.32. The maximum Gasteiger partial charge on any atom is 0.333 e. The summed E-state index contributed by atoms with van der Waals surface area (Å²) >= 11 is 0. The van der Waals surface area contributed by atoms with Crippen LogP contribution in [0.4, 0.5) is 17.1 Å². The monoisotopic (exact) mass is 935 g/mol. The molecule has 0 amide bonds. The van der Waals surface area contributed by atoms with Crippen molar-refractivity contribution in [3.63, 3.8) is 0 Å². The van der Waals surface area contributed by atoms with Gasteiger partial charge in [-0.1, -0.05) is 169 Å². The van der Waals surface area contributed by atoms with Gasteiger partial charge in [0, 0.05) is 82.3 Å². The zero-order valence-corrected chi connectivity index (χ0v) is 41.8. The van der Waals surface area contributed by atoms with Crippen LogP contribution in [-0.4, -0.2) is 15.7 Å². The molecule has 0 radical (unpaired) electrons. The van der Waals surface area contributed by atoms with Gasteiger partial charge in [0.05, 0.1) is 16.6 Å². The molecule has 0 saturated heterocycles. The fourth-order valence-corrected chi connectivity index (χ4v) is 13.2. The summed E-state index contributed by atoms with van der Waals surface area (Å²) in [6, 6.07) is 73.2. The second-order valence-electron chi connectivity index (χ2n) is 22.9. The van der Waals surface area contributed by atoms with Crippen LogP contribution >= 0.6 is 0 Å². The number of benzene rings is 10. The van der Waals surface area contributed by atoms with Crippen molar-refractivity contribution in [3.05, 3.63) is 205 Å². The smallest absolute Gasteiger partial charge is 0.333 e. The van der Waals surface area contributed by atoms with E-state index in [2.05, 4.69) is 249 Å². The topological polar surface area (TPSA) is 25.7 Å². The molecule has 16 rings (SSSR count). The first-order valence-electron chi connectivity index (χ1n) is 25.9. The minimum atomic E-state index is -0.226. The highest BCUT2D eigenvalue weighted by Gasteiger charge is 2.47. The van der Waals surface area contributed by atoms with Gasteiger partial charge in [-0.15, -0.1) is 0 Å². The normalized spacial score (nSPS) is 13.6. The molecule has 0 bridgehead atoms. The molecule has 0 aliphatic carbocycles. The Bertz CT molecular complexity index is 4660. The van der Waals surface area contributed by atoms with Gasteiger partial charge in [-0.25, -0.2) is 0 Å². The minimum absolute atomic E-state index is 0.104. The second-order valence-corrected chi connectivity index (χ2v) is 22.9. The van der Waals surface area contributed by atoms with Crippen molar-refractivity contribution >= 4 is 117 Å². The Balaban J connectivity index is 1.17. The Morgan fingerprint density at radius 3 is 1.70 bits per heavy atom. The first kappa shape index (κ1) is 41.1. The number of rotatable bonds is 3. The van der Waals surface area contributed by atoms with E-state index in [0.717, 1.165) is 21.9 Å². The number of anilines is 3. The van der Waals surface area contributed by atoms with Crippen LogP contribution in [0.3, 0.4) is 0 Å². The lowest BCUT2D eigenvalue weighted by molar-refractivity contribution is 0.569. The molecule has 0 unspecified atom stereocenters.